The summed E-state index contributed by atoms with van der Waals surface area (Å²) in [7, 11) is 1.35. The van der Waals surface area contributed by atoms with Crippen molar-refractivity contribution in [1.29, 1.82) is 0 Å². The summed E-state index contributed by atoms with van der Waals surface area (Å²) < 4.78 is 48.9. The molecule has 1 aliphatic rings. The van der Waals surface area contributed by atoms with Gasteiger partial charge in [-0.2, -0.15) is 13.2 Å². The Bertz CT molecular complexity index is 1130. The number of halogens is 3. The predicted octanol–water partition coefficient (Wildman–Crippen LogP) is 6.30. The molecule has 2 aromatic carbocycles. The first-order valence-corrected chi connectivity index (χ1v) is 11.7. The minimum atomic E-state index is -4.35. The lowest BCUT2D eigenvalue weighted by molar-refractivity contribution is -0.149. The summed E-state index contributed by atoms with van der Waals surface area (Å²) in [6, 6.07) is 11.0. The molecule has 4 nitrogen and oxygen atoms in total. The summed E-state index contributed by atoms with van der Waals surface area (Å²) in [6.45, 7) is 1.91. The van der Waals surface area contributed by atoms with Gasteiger partial charge in [0.1, 0.15) is 10.8 Å². The molecular weight excluding hydrogens is 459 g/mol. The van der Waals surface area contributed by atoms with Crippen LogP contribution in [0.25, 0.3) is 10.6 Å². The molecule has 1 unspecified atom stereocenters. The fourth-order valence-electron chi connectivity index (χ4n) is 3.39. The molecule has 0 spiro atoms. The zero-order valence-corrected chi connectivity index (χ0v) is 19.0. The van der Waals surface area contributed by atoms with Gasteiger partial charge >= 0.3 is 12.1 Å². The lowest BCUT2D eigenvalue weighted by atomic mass is 10.0. The molecule has 32 heavy (non-hydrogen) atoms. The second kappa shape index (κ2) is 9.15. The molecule has 2 heterocycles. The van der Waals surface area contributed by atoms with Crippen molar-refractivity contribution in [2.75, 3.05) is 7.11 Å². The fourth-order valence-corrected chi connectivity index (χ4v) is 5.56. The van der Waals surface area contributed by atoms with Gasteiger partial charge in [-0.25, -0.2) is 9.78 Å². The van der Waals surface area contributed by atoms with E-state index in [9.17, 15) is 18.0 Å². The van der Waals surface area contributed by atoms with Crippen molar-refractivity contribution in [2.24, 2.45) is 0 Å². The molecule has 1 atom stereocenters. The maximum atomic E-state index is 12.8. The van der Waals surface area contributed by atoms with E-state index >= 15 is 0 Å². The summed E-state index contributed by atoms with van der Waals surface area (Å²) in [4.78, 5) is 18.4. The van der Waals surface area contributed by atoms with Crippen LogP contribution < -0.4 is 4.74 Å². The Morgan fingerprint density at radius 3 is 2.69 bits per heavy atom. The molecule has 0 fully saturated rings. The van der Waals surface area contributed by atoms with Gasteiger partial charge in [-0.1, -0.05) is 12.1 Å². The zero-order chi connectivity index (χ0) is 22.9. The van der Waals surface area contributed by atoms with Crippen molar-refractivity contribution < 1.29 is 27.4 Å². The number of benzene rings is 2. The van der Waals surface area contributed by atoms with Crippen molar-refractivity contribution >= 4 is 29.1 Å². The Balaban J connectivity index is 1.43. The Morgan fingerprint density at radius 2 is 2.00 bits per heavy atom. The van der Waals surface area contributed by atoms with Gasteiger partial charge in [-0.05, 0) is 55.7 Å². The maximum Gasteiger partial charge on any atom is 0.416 e. The Kier molecular flexibility index (Phi) is 6.48. The van der Waals surface area contributed by atoms with Crippen LogP contribution in [0.1, 0.15) is 28.1 Å². The summed E-state index contributed by atoms with van der Waals surface area (Å²) in [6.07, 6.45) is -3.59. The number of fused-ring (bicyclic) bond motifs is 1. The van der Waals surface area contributed by atoms with E-state index in [0.29, 0.717) is 28.5 Å². The van der Waals surface area contributed by atoms with Crippen LogP contribution in [-0.2, 0) is 27.9 Å². The van der Waals surface area contributed by atoms with Crippen LogP contribution in [0.3, 0.4) is 0 Å². The number of aromatic nitrogens is 1. The number of methoxy groups -OCH3 is 1. The largest absolute Gasteiger partial charge is 0.478 e. The number of alkyl halides is 3. The highest BCUT2D eigenvalue weighted by Crippen LogP contribution is 2.37. The molecular formula is C23H20F3NO3S2. The standard InChI is InChI=1S/C23H20F3NO3S2/c1-13-20(32-21(27-13)14-3-6-16(7-4-14)23(24,25)26)12-31-17-8-10-18-15(11-17)5-9-19(30-18)22(28)29-2/h3-4,6-8,10-11,19H,5,9,12H2,1-2H3. The third kappa shape index (κ3) is 4.94. The van der Waals surface area contributed by atoms with E-state index in [1.54, 1.807) is 11.8 Å². The number of hydrogen-bond donors (Lipinski definition) is 0. The number of aryl methyl sites for hydroxylation is 2. The van der Waals surface area contributed by atoms with E-state index in [2.05, 4.69) is 11.1 Å². The molecule has 0 saturated heterocycles. The summed E-state index contributed by atoms with van der Waals surface area (Å²) in [5, 5.41) is 0.708. The smallest absolute Gasteiger partial charge is 0.416 e. The van der Waals surface area contributed by atoms with Crippen LogP contribution in [0.15, 0.2) is 47.4 Å². The first kappa shape index (κ1) is 22.7. The van der Waals surface area contributed by atoms with Gasteiger partial charge in [0.25, 0.3) is 0 Å². The van der Waals surface area contributed by atoms with Crippen molar-refractivity contribution in [2.45, 2.75) is 42.7 Å². The lowest BCUT2D eigenvalue weighted by Gasteiger charge is -2.24. The first-order valence-electron chi connectivity index (χ1n) is 9.88. The van der Waals surface area contributed by atoms with Gasteiger partial charge in [0, 0.05) is 21.1 Å². The third-order valence-electron chi connectivity index (χ3n) is 5.16. The average Bonchev–Trinajstić information content (AvgIpc) is 3.16. The number of nitrogens with zero attached hydrogens (tertiary/aromatic N) is 1. The maximum absolute atomic E-state index is 12.8. The Labute approximate surface area is 191 Å². The summed E-state index contributed by atoms with van der Waals surface area (Å²) >= 11 is 3.15. The molecule has 0 saturated carbocycles. The van der Waals surface area contributed by atoms with E-state index in [1.165, 1.54) is 30.6 Å². The van der Waals surface area contributed by atoms with Crippen LogP contribution in [0, 0.1) is 6.92 Å². The van der Waals surface area contributed by atoms with E-state index in [4.69, 9.17) is 9.47 Å². The highest BCUT2D eigenvalue weighted by Gasteiger charge is 2.30. The second-order valence-corrected chi connectivity index (χ2v) is 9.46. The van der Waals surface area contributed by atoms with E-state index in [1.807, 2.05) is 19.1 Å². The Hall–Kier alpha value is -2.52. The van der Waals surface area contributed by atoms with Gasteiger partial charge in [-0.15, -0.1) is 23.1 Å². The number of carbonyl (C=O) groups excluding carboxylic acids is 1. The molecule has 0 amide bonds. The molecule has 0 radical (unpaired) electrons. The molecule has 9 heteroatoms. The van der Waals surface area contributed by atoms with E-state index < -0.39 is 17.8 Å². The summed E-state index contributed by atoms with van der Waals surface area (Å²) in [5.74, 6) is 1.04. The van der Waals surface area contributed by atoms with Crippen LogP contribution >= 0.6 is 23.1 Å². The first-order chi connectivity index (χ1) is 15.2. The SMILES string of the molecule is COC(=O)C1CCc2cc(SCc3sc(-c4ccc(C(F)(F)F)cc4)nc3C)ccc2O1. The molecule has 168 valence electrons. The van der Waals surface area contributed by atoms with Crippen LogP contribution in [0.5, 0.6) is 5.75 Å². The van der Waals surface area contributed by atoms with Gasteiger partial charge in [-0.3, -0.25) is 0 Å². The van der Waals surface area contributed by atoms with Crippen LogP contribution in [0.4, 0.5) is 13.2 Å². The molecule has 1 aromatic heterocycles. The monoisotopic (exact) mass is 479 g/mol. The van der Waals surface area contributed by atoms with Crippen molar-refractivity contribution in [3.05, 3.63) is 64.2 Å². The Morgan fingerprint density at radius 1 is 1.25 bits per heavy atom. The van der Waals surface area contributed by atoms with Gasteiger partial charge in [0.2, 0.25) is 0 Å². The van der Waals surface area contributed by atoms with Crippen molar-refractivity contribution in [1.82, 2.24) is 4.98 Å². The minimum Gasteiger partial charge on any atom is -0.478 e. The molecule has 3 aromatic rings. The van der Waals surface area contributed by atoms with E-state index in [0.717, 1.165) is 39.6 Å². The lowest BCUT2D eigenvalue weighted by Crippen LogP contribution is -2.32. The van der Waals surface area contributed by atoms with Gasteiger partial charge in [0.05, 0.1) is 18.4 Å². The van der Waals surface area contributed by atoms with Gasteiger partial charge in [0.15, 0.2) is 6.10 Å². The fraction of sp³-hybridized carbons (Fsp3) is 0.304. The quantitative estimate of drug-likeness (QED) is 0.318. The predicted molar refractivity (Wildman–Crippen MR) is 118 cm³/mol. The van der Waals surface area contributed by atoms with Crippen molar-refractivity contribution in [3.8, 4) is 16.3 Å². The second-order valence-electron chi connectivity index (χ2n) is 7.33. The highest BCUT2D eigenvalue weighted by molar-refractivity contribution is 7.98. The average molecular weight is 480 g/mol. The van der Waals surface area contributed by atoms with Gasteiger partial charge < -0.3 is 9.47 Å². The molecule has 4 rings (SSSR count). The normalized spacial score (nSPS) is 15.7. The topological polar surface area (TPSA) is 48.4 Å². The number of carbonyl (C=O) groups is 1. The minimum absolute atomic E-state index is 0.362. The van der Waals surface area contributed by atoms with Crippen LogP contribution in [-0.4, -0.2) is 24.2 Å². The zero-order valence-electron chi connectivity index (χ0n) is 17.4. The number of ether oxygens (including phenoxy) is 2. The number of rotatable bonds is 5. The number of thioether (sulfide) groups is 1. The molecule has 0 N–H and O–H groups in total. The number of thiazole rings is 1. The van der Waals surface area contributed by atoms with E-state index in [-0.39, 0.29) is 5.97 Å². The third-order valence-corrected chi connectivity index (χ3v) is 7.57. The number of hydrogen-bond acceptors (Lipinski definition) is 6. The molecule has 0 aliphatic carbocycles. The summed E-state index contributed by atoms with van der Waals surface area (Å²) in [5.41, 5.74) is 1.94. The van der Waals surface area contributed by atoms with Crippen LogP contribution in [0.2, 0.25) is 0 Å². The van der Waals surface area contributed by atoms with Crippen molar-refractivity contribution in [3.63, 3.8) is 0 Å². The number of esters is 1. The molecule has 0 bridgehead atoms. The molecule has 1 aliphatic heterocycles. The highest BCUT2D eigenvalue weighted by atomic mass is 32.2.